The first-order chi connectivity index (χ1) is 14.7. The molecule has 0 aliphatic carbocycles. The molecule has 0 bridgehead atoms. The molecule has 2 aliphatic rings. The largest absolute Gasteiger partial charge is 0.355 e. The van der Waals surface area contributed by atoms with Gasteiger partial charge in [0.25, 0.3) is 11.5 Å². The van der Waals surface area contributed by atoms with Crippen LogP contribution in [0.3, 0.4) is 0 Å². The number of rotatable bonds is 3. The number of fused-ring (bicyclic) bond motifs is 1. The maximum atomic E-state index is 13.6. The number of carbonyl (C=O) groups excluding carboxylic acids is 1. The predicted octanol–water partition coefficient (Wildman–Crippen LogP) is 4.09. The number of aryl methyl sites for hydroxylation is 1. The number of thiocarbonyl (C=S) groups is 1. The van der Waals surface area contributed by atoms with Gasteiger partial charge in [0.1, 0.15) is 15.8 Å². The molecular weight excluding hydrogens is 428 g/mol. The van der Waals surface area contributed by atoms with Crippen LogP contribution < -0.4 is 10.5 Å². The Kier molecular flexibility index (Phi) is 5.96. The van der Waals surface area contributed by atoms with Gasteiger partial charge in [-0.15, -0.1) is 0 Å². The lowest BCUT2D eigenvalue weighted by Crippen LogP contribution is -2.40. The molecule has 0 aromatic carbocycles. The van der Waals surface area contributed by atoms with E-state index in [0.717, 1.165) is 25.1 Å². The minimum absolute atomic E-state index is 0.0276. The second-order valence-corrected chi connectivity index (χ2v) is 10.8. The van der Waals surface area contributed by atoms with Crippen LogP contribution >= 0.6 is 24.0 Å². The zero-order chi connectivity index (χ0) is 22.4. The Morgan fingerprint density at radius 3 is 2.48 bits per heavy atom. The molecule has 31 heavy (non-hydrogen) atoms. The van der Waals surface area contributed by atoms with Gasteiger partial charge in [-0.2, -0.15) is 0 Å². The number of aromatic nitrogens is 2. The Bertz CT molecular complexity index is 1140. The first-order valence-corrected chi connectivity index (χ1v) is 11.9. The molecule has 2 aromatic rings. The van der Waals surface area contributed by atoms with Crippen molar-refractivity contribution in [3.63, 3.8) is 0 Å². The number of pyridine rings is 1. The molecule has 6 nitrogen and oxygen atoms in total. The summed E-state index contributed by atoms with van der Waals surface area (Å²) >= 11 is 6.67. The van der Waals surface area contributed by atoms with E-state index in [1.807, 2.05) is 32.9 Å². The summed E-state index contributed by atoms with van der Waals surface area (Å²) in [5.74, 6) is 1.52. The third-order valence-corrected chi connectivity index (χ3v) is 7.10. The van der Waals surface area contributed by atoms with Crippen molar-refractivity contribution in [3.8, 4) is 0 Å². The van der Waals surface area contributed by atoms with Gasteiger partial charge in [0.2, 0.25) is 0 Å². The van der Waals surface area contributed by atoms with Gasteiger partial charge in [-0.1, -0.05) is 43.9 Å². The summed E-state index contributed by atoms with van der Waals surface area (Å²) in [7, 11) is 0. The molecule has 0 radical (unpaired) electrons. The molecule has 1 amide bonds. The summed E-state index contributed by atoms with van der Waals surface area (Å²) in [6.45, 7) is 12.0. The predicted molar refractivity (Wildman–Crippen MR) is 132 cm³/mol. The second kappa shape index (κ2) is 8.39. The normalized spacial score (nSPS) is 23.6. The zero-order valence-electron chi connectivity index (χ0n) is 18.6. The smallest absolute Gasteiger partial charge is 0.267 e. The summed E-state index contributed by atoms with van der Waals surface area (Å²) in [4.78, 5) is 35.7. The van der Waals surface area contributed by atoms with E-state index in [1.165, 1.54) is 11.8 Å². The highest BCUT2D eigenvalue weighted by molar-refractivity contribution is 8.26. The molecule has 2 fully saturated rings. The number of amides is 1. The number of anilines is 1. The third kappa shape index (κ3) is 4.15. The number of nitrogens with zero attached hydrogens (tertiary/aromatic N) is 4. The van der Waals surface area contributed by atoms with Crippen LogP contribution in [0.4, 0.5) is 5.82 Å². The summed E-state index contributed by atoms with van der Waals surface area (Å²) < 4.78 is 2.10. The fourth-order valence-corrected chi connectivity index (χ4v) is 6.01. The van der Waals surface area contributed by atoms with Crippen LogP contribution in [0.15, 0.2) is 28.0 Å². The molecule has 4 heterocycles. The maximum absolute atomic E-state index is 13.6. The quantitative estimate of drug-likeness (QED) is 0.512. The Labute approximate surface area is 192 Å². The van der Waals surface area contributed by atoms with Gasteiger partial charge in [0, 0.05) is 25.3 Å². The average Bonchev–Trinajstić information content (AvgIpc) is 2.96. The molecule has 2 aliphatic heterocycles. The van der Waals surface area contributed by atoms with Crippen molar-refractivity contribution in [1.82, 2.24) is 14.3 Å². The molecular formula is C23H28N4O2S2. The van der Waals surface area contributed by atoms with Crippen molar-refractivity contribution < 1.29 is 4.79 Å². The summed E-state index contributed by atoms with van der Waals surface area (Å²) in [5.41, 5.74) is 1.88. The van der Waals surface area contributed by atoms with Crippen LogP contribution in [0.25, 0.3) is 11.7 Å². The molecule has 2 aromatic heterocycles. The fraction of sp³-hybridized carbons (Fsp3) is 0.478. The van der Waals surface area contributed by atoms with E-state index in [4.69, 9.17) is 17.2 Å². The number of hydrogen-bond donors (Lipinski definition) is 0. The van der Waals surface area contributed by atoms with Gasteiger partial charge in [-0.3, -0.25) is 18.9 Å². The standard InChI is InChI=1S/C23H28N4O2S2/c1-13(2)27-22(29)18(31-23(27)30)9-17-20(25-10-15(4)8-16(5)11-25)24-19-7-6-14(3)12-26(19)21(17)28/h6-7,9,12-13,15-16H,8,10-11H2,1-5H3/b18-9+. The zero-order valence-corrected chi connectivity index (χ0v) is 20.2. The highest BCUT2D eigenvalue weighted by atomic mass is 32.2. The van der Waals surface area contributed by atoms with Gasteiger partial charge in [0.05, 0.1) is 10.5 Å². The number of thioether (sulfide) groups is 1. The SMILES string of the molecule is Cc1ccc2nc(N3CC(C)CC(C)C3)c(/C=C3/SC(=S)N(C(C)C)C3=O)c(=O)n2c1. The van der Waals surface area contributed by atoms with Crippen molar-refractivity contribution in [1.29, 1.82) is 0 Å². The van der Waals surface area contributed by atoms with Crippen LogP contribution in [-0.4, -0.2) is 43.6 Å². The lowest BCUT2D eigenvalue weighted by molar-refractivity contribution is -0.123. The van der Waals surface area contributed by atoms with E-state index in [0.29, 0.717) is 38.1 Å². The summed E-state index contributed by atoms with van der Waals surface area (Å²) in [6, 6.07) is 3.81. The molecule has 8 heteroatoms. The van der Waals surface area contributed by atoms with E-state index in [9.17, 15) is 9.59 Å². The highest BCUT2D eigenvalue weighted by Gasteiger charge is 2.35. The van der Waals surface area contributed by atoms with Crippen LogP contribution in [0.1, 0.15) is 45.2 Å². The van der Waals surface area contributed by atoms with Gasteiger partial charge in [-0.25, -0.2) is 4.98 Å². The minimum atomic E-state index is -0.163. The monoisotopic (exact) mass is 456 g/mol. The Balaban J connectivity index is 1.90. The lowest BCUT2D eigenvalue weighted by Gasteiger charge is -2.36. The summed E-state index contributed by atoms with van der Waals surface area (Å²) in [5, 5.41) is 0. The van der Waals surface area contributed by atoms with Crippen molar-refractivity contribution >= 4 is 51.7 Å². The van der Waals surface area contributed by atoms with Gasteiger partial charge in [-0.05, 0) is 56.7 Å². The molecule has 2 saturated heterocycles. The number of hydrogen-bond acceptors (Lipinski definition) is 6. The molecule has 0 saturated carbocycles. The molecule has 2 unspecified atom stereocenters. The van der Waals surface area contributed by atoms with E-state index in [2.05, 4.69) is 18.7 Å². The van der Waals surface area contributed by atoms with Crippen LogP contribution in [0, 0.1) is 18.8 Å². The highest BCUT2D eigenvalue weighted by Crippen LogP contribution is 2.35. The van der Waals surface area contributed by atoms with Crippen molar-refractivity contribution in [2.24, 2.45) is 11.8 Å². The van der Waals surface area contributed by atoms with Crippen molar-refractivity contribution in [2.75, 3.05) is 18.0 Å². The minimum Gasteiger partial charge on any atom is -0.355 e. The first-order valence-electron chi connectivity index (χ1n) is 10.7. The van der Waals surface area contributed by atoms with E-state index in [1.54, 1.807) is 21.6 Å². The molecule has 2 atom stereocenters. The van der Waals surface area contributed by atoms with Crippen molar-refractivity contribution in [2.45, 2.75) is 47.1 Å². The number of piperidine rings is 1. The van der Waals surface area contributed by atoms with Gasteiger partial charge < -0.3 is 4.90 Å². The topological polar surface area (TPSA) is 57.9 Å². The lowest BCUT2D eigenvalue weighted by atomic mass is 9.91. The molecule has 0 spiro atoms. The molecule has 164 valence electrons. The molecule has 4 rings (SSSR count). The van der Waals surface area contributed by atoms with Crippen LogP contribution in [-0.2, 0) is 4.79 Å². The Hall–Kier alpha value is -2.19. The van der Waals surface area contributed by atoms with Crippen LogP contribution in [0.5, 0.6) is 0 Å². The first kappa shape index (κ1) is 22.0. The summed E-state index contributed by atoms with van der Waals surface area (Å²) in [6.07, 6.45) is 4.66. The Morgan fingerprint density at radius 2 is 1.87 bits per heavy atom. The Morgan fingerprint density at radius 1 is 1.19 bits per heavy atom. The third-order valence-electron chi connectivity index (χ3n) is 5.77. The van der Waals surface area contributed by atoms with E-state index >= 15 is 0 Å². The van der Waals surface area contributed by atoms with Crippen LogP contribution in [0.2, 0.25) is 0 Å². The van der Waals surface area contributed by atoms with Crippen molar-refractivity contribution in [3.05, 3.63) is 44.7 Å². The molecule has 0 N–H and O–H groups in total. The van der Waals surface area contributed by atoms with Gasteiger partial charge >= 0.3 is 0 Å². The van der Waals surface area contributed by atoms with E-state index < -0.39 is 0 Å². The maximum Gasteiger partial charge on any atom is 0.267 e. The number of carbonyl (C=O) groups is 1. The van der Waals surface area contributed by atoms with E-state index in [-0.39, 0.29) is 17.5 Å². The van der Waals surface area contributed by atoms with Gasteiger partial charge in [0.15, 0.2) is 0 Å². The fourth-order valence-electron chi connectivity index (χ4n) is 4.51. The average molecular weight is 457 g/mol. The second-order valence-electron chi connectivity index (χ2n) is 9.09.